The average molecular weight is 340 g/mol. The number of aromatic carboxylic acids is 1. The van der Waals surface area contributed by atoms with Crippen LogP contribution < -0.4 is 5.73 Å². The van der Waals surface area contributed by atoms with E-state index in [2.05, 4.69) is 13.8 Å². The van der Waals surface area contributed by atoms with E-state index in [1.54, 1.807) is 0 Å². The van der Waals surface area contributed by atoms with Gasteiger partial charge >= 0.3 is 5.97 Å². The zero-order valence-corrected chi connectivity index (χ0v) is 15.8. The average Bonchev–Trinajstić information content (AvgIpc) is 2.53. The molecule has 0 atom stereocenters. The van der Waals surface area contributed by atoms with Crippen molar-refractivity contribution in [2.24, 2.45) is 11.7 Å². The Hall–Kier alpha value is -2.20. The standard InChI is InChI=1S/C21H28N2O2/c1-12(2)10-17-16(11-22)18(15-8-6-14(5)7-9-15)19(21(24)25)20(23-17)13(3)4/h6-9,12-13H,10-11,22H2,1-5H3,(H,24,25). The maximum Gasteiger partial charge on any atom is 0.338 e. The van der Waals surface area contributed by atoms with Crippen LogP contribution in [-0.2, 0) is 13.0 Å². The molecule has 0 aliphatic rings. The molecule has 4 nitrogen and oxygen atoms in total. The summed E-state index contributed by atoms with van der Waals surface area (Å²) < 4.78 is 0. The van der Waals surface area contributed by atoms with Crippen molar-refractivity contribution in [2.75, 3.05) is 0 Å². The highest BCUT2D eigenvalue weighted by molar-refractivity contribution is 5.98. The van der Waals surface area contributed by atoms with Crippen LogP contribution in [0.5, 0.6) is 0 Å². The van der Waals surface area contributed by atoms with Gasteiger partial charge in [0.1, 0.15) is 0 Å². The van der Waals surface area contributed by atoms with Gasteiger partial charge in [-0.1, -0.05) is 57.5 Å². The summed E-state index contributed by atoms with van der Waals surface area (Å²) >= 11 is 0. The maximum absolute atomic E-state index is 12.1. The molecule has 0 aliphatic carbocycles. The van der Waals surface area contributed by atoms with Crippen LogP contribution in [0.2, 0.25) is 0 Å². The van der Waals surface area contributed by atoms with Gasteiger partial charge in [-0.2, -0.15) is 0 Å². The normalized spacial score (nSPS) is 11.4. The van der Waals surface area contributed by atoms with Crippen molar-refractivity contribution in [1.29, 1.82) is 0 Å². The zero-order valence-electron chi connectivity index (χ0n) is 15.8. The van der Waals surface area contributed by atoms with E-state index in [9.17, 15) is 9.90 Å². The topological polar surface area (TPSA) is 76.2 Å². The number of benzene rings is 1. The van der Waals surface area contributed by atoms with Crippen LogP contribution >= 0.6 is 0 Å². The largest absolute Gasteiger partial charge is 0.478 e. The van der Waals surface area contributed by atoms with E-state index < -0.39 is 5.97 Å². The Morgan fingerprint density at radius 1 is 1.16 bits per heavy atom. The van der Waals surface area contributed by atoms with Crippen LogP contribution in [0.15, 0.2) is 24.3 Å². The number of hydrogen-bond donors (Lipinski definition) is 2. The highest BCUT2D eigenvalue weighted by atomic mass is 16.4. The fourth-order valence-corrected chi connectivity index (χ4v) is 3.14. The smallest absolute Gasteiger partial charge is 0.338 e. The molecule has 0 unspecified atom stereocenters. The Morgan fingerprint density at radius 3 is 2.20 bits per heavy atom. The highest BCUT2D eigenvalue weighted by Gasteiger charge is 2.26. The Bertz CT molecular complexity index is 762. The summed E-state index contributed by atoms with van der Waals surface area (Å²) in [7, 11) is 0. The summed E-state index contributed by atoms with van der Waals surface area (Å²) in [4.78, 5) is 16.9. The second-order valence-electron chi connectivity index (χ2n) is 7.30. The molecule has 0 saturated carbocycles. The van der Waals surface area contributed by atoms with Crippen LogP contribution in [0.3, 0.4) is 0 Å². The Morgan fingerprint density at radius 2 is 1.76 bits per heavy atom. The first-order valence-corrected chi connectivity index (χ1v) is 8.82. The number of rotatable bonds is 6. The predicted molar refractivity (Wildman–Crippen MR) is 102 cm³/mol. The third-order valence-electron chi connectivity index (χ3n) is 4.32. The minimum absolute atomic E-state index is 0.0213. The molecule has 2 rings (SSSR count). The lowest BCUT2D eigenvalue weighted by Gasteiger charge is -2.21. The fourth-order valence-electron chi connectivity index (χ4n) is 3.14. The van der Waals surface area contributed by atoms with Gasteiger partial charge in [0.25, 0.3) is 0 Å². The highest BCUT2D eigenvalue weighted by Crippen LogP contribution is 2.35. The van der Waals surface area contributed by atoms with Crippen molar-refractivity contribution < 1.29 is 9.90 Å². The molecule has 4 heteroatoms. The molecule has 1 aromatic carbocycles. The summed E-state index contributed by atoms with van der Waals surface area (Å²) in [5.41, 5.74) is 11.5. The first-order chi connectivity index (χ1) is 11.8. The van der Waals surface area contributed by atoms with Crippen molar-refractivity contribution in [3.63, 3.8) is 0 Å². The summed E-state index contributed by atoms with van der Waals surface area (Å²) in [5.74, 6) is -0.509. The van der Waals surface area contributed by atoms with Gasteiger partial charge in [-0.15, -0.1) is 0 Å². The van der Waals surface area contributed by atoms with E-state index in [0.717, 1.165) is 34.4 Å². The minimum Gasteiger partial charge on any atom is -0.478 e. The SMILES string of the molecule is Cc1ccc(-c2c(CN)c(CC(C)C)nc(C(C)C)c2C(=O)O)cc1. The van der Waals surface area contributed by atoms with Gasteiger partial charge in [0.15, 0.2) is 0 Å². The van der Waals surface area contributed by atoms with Gasteiger partial charge in [0, 0.05) is 17.8 Å². The summed E-state index contributed by atoms with van der Waals surface area (Å²) in [5, 5.41) is 9.92. The Labute approximate surface area is 150 Å². The number of carboxylic acid groups (broad SMARTS) is 1. The molecule has 3 N–H and O–H groups in total. The minimum atomic E-state index is -0.947. The monoisotopic (exact) mass is 340 g/mol. The molecule has 134 valence electrons. The molecule has 0 amide bonds. The third kappa shape index (κ3) is 4.07. The zero-order chi connectivity index (χ0) is 18.7. The lowest BCUT2D eigenvalue weighted by molar-refractivity contribution is 0.0695. The first-order valence-electron chi connectivity index (χ1n) is 8.82. The number of nitrogens with zero attached hydrogens (tertiary/aromatic N) is 1. The van der Waals surface area contributed by atoms with E-state index in [-0.39, 0.29) is 18.0 Å². The summed E-state index contributed by atoms with van der Waals surface area (Å²) in [6.45, 7) is 10.5. The van der Waals surface area contributed by atoms with Crippen LogP contribution in [0.4, 0.5) is 0 Å². The van der Waals surface area contributed by atoms with Gasteiger partial charge < -0.3 is 10.8 Å². The number of carbonyl (C=O) groups is 1. The van der Waals surface area contributed by atoms with Crippen molar-refractivity contribution >= 4 is 5.97 Å². The van der Waals surface area contributed by atoms with Crippen molar-refractivity contribution in [1.82, 2.24) is 4.98 Å². The number of aromatic nitrogens is 1. The molecule has 1 aromatic heterocycles. The van der Waals surface area contributed by atoms with Crippen LogP contribution in [0.1, 0.15) is 66.5 Å². The fraction of sp³-hybridized carbons (Fsp3) is 0.429. The number of carboxylic acids is 1. The Kier molecular flexibility index (Phi) is 5.96. The molecule has 0 bridgehead atoms. The number of aryl methyl sites for hydroxylation is 1. The van der Waals surface area contributed by atoms with Gasteiger partial charge in [-0.05, 0) is 36.3 Å². The lowest BCUT2D eigenvalue weighted by Crippen LogP contribution is -2.17. The van der Waals surface area contributed by atoms with Crippen molar-refractivity contribution in [3.05, 3.63) is 52.3 Å². The summed E-state index contributed by atoms with van der Waals surface area (Å²) in [6.07, 6.45) is 0.783. The molecule has 25 heavy (non-hydrogen) atoms. The van der Waals surface area contributed by atoms with E-state index >= 15 is 0 Å². The second kappa shape index (κ2) is 7.79. The first kappa shape index (κ1) is 19.1. The van der Waals surface area contributed by atoms with Gasteiger partial charge in [0.2, 0.25) is 0 Å². The van der Waals surface area contributed by atoms with E-state index in [0.29, 0.717) is 11.6 Å². The van der Waals surface area contributed by atoms with Crippen LogP contribution in [0, 0.1) is 12.8 Å². The quantitative estimate of drug-likeness (QED) is 0.809. The predicted octanol–water partition coefficient (Wildman–Crippen LogP) is 4.54. The Balaban J connectivity index is 2.89. The molecule has 1 heterocycles. The number of pyridine rings is 1. The van der Waals surface area contributed by atoms with Crippen molar-refractivity contribution in [2.45, 2.75) is 53.5 Å². The molecular formula is C21H28N2O2. The van der Waals surface area contributed by atoms with Gasteiger partial charge in [-0.3, -0.25) is 4.98 Å². The van der Waals surface area contributed by atoms with E-state index in [1.807, 2.05) is 45.0 Å². The van der Waals surface area contributed by atoms with Crippen molar-refractivity contribution in [3.8, 4) is 11.1 Å². The van der Waals surface area contributed by atoms with E-state index in [1.165, 1.54) is 0 Å². The number of hydrogen-bond acceptors (Lipinski definition) is 3. The van der Waals surface area contributed by atoms with Crippen LogP contribution in [-0.4, -0.2) is 16.1 Å². The number of nitrogens with two attached hydrogens (primary N) is 1. The second-order valence-corrected chi connectivity index (χ2v) is 7.30. The van der Waals surface area contributed by atoms with Gasteiger partial charge in [-0.25, -0.2) is 4.79 Å². The molecule has 0 saturated heterocycles. The van der Waals surface area contributed by atoms with Crippen LogP contribution in [0.25, 0.3) is 11.1 Å². The molecule has 0 spiro atoms. The summed E-state index contributed by atoms with van der Waals surface area (Å²) in [6, 6.07) is 7.94. The molecular weight excluding hydrogens is 312 g/mol. The van der Waals surface area contributed by atoms with Gasteiger partial charge in [0.05, 0.1) is 11.3 Å². The van der Waals surface area contributed by atoms with E-state index in [4.69, 9.17) is 10.7 Å². The molecule has 2 aromatic rings. The molecule has 0 radical (unpaired) electrons. The maximum atomic E-state index is 12.1. The molecule has 0 aliphatic heterocycles. The third-order valence-corrected chi connectivity index (χ3v) is 4.32. The lowest BCUT2D eigenvalue weighted by atomic mass is 9.87. The molecule has 0 fully saturated rings.